The molecule has 2 amide bonds. The third kappa shape index (κ3) is 5.39. The second kappa shape index (κ2) is 4.83. The highest BCUT2D eigenvalue weighted by molar-refractivity contribution is 5.99. The molecule has 0 saturated heterocycles. The molecule has 14 heavy (non-hydrogen) atoms. The Morgan fingerprint density at radius 1 is 1.43 bits per heavy atom. The highest BCUT2D eigenvalue weighted by atomic mass is 19.4. The lowest BCUT2D eigenvalue weighted by molar-refractivity contribution is -0.137. The van der Waals surface area contributed by atoms with Crippen molar-refractivity contribution in [1.82, 2.24) is 5.32 Å². The summed E-state index contributed by atoms with van der Waals surface area (Å²) >= 11 is 0. The number of hydrogen-bond donors (Lipinski definition) is 2. The number of carbonyl (C=O) groups excluding carboxylic acids is 2. The van der Waals surface area contributed by atoms with Gasteiger partial charge in [0.1, 0.15) is 5.92 Å². The van der Waals surface area contributed by atoms with Crippen LogP contribution in [0.3, 0.4) is 0 Å². The van der Waals surface area contributed by atoms with Crippen LogP contribution in [0.15, 0.2) is 0 Å². The second-order valence-corrected chi connectivity index (χ2v) is 2.78. The standard InChI is InChI=1S/C7H11F3N2O2/c1-4(5(11)13)6(14)12-3-2-7(8,9)10/h4H,2-3H2,1H3,(H2,11,13)(H,12,14). The van der Waals surface area contributed by atoms with E-state index in [9.17, 15) is 22.8 Å². The monoisotopic (exact) mass is 212 g/mol. The Bertz CT molecular complexity index is 227. The van der Waals surface area contributed by atoms with Crippen LogP contribution in [0.2, 0.25) is 0 Å². The molecule has 0 aliphatic rings. The summed E-state index contributed by atoms with van der Waals surface area (Å²) in [6.45, 7) is 0.686. The van der Waals surface area contributed by atoms with Crippen molar-refractivity contribution in [2.75, 3.05) is 6.54 Å². The van der Waals surface area contributed by atoms with Crippen LogP contribution in [0.4, 0.5) is 13.2 Å². The number of rotatable bonds is 4. The minimum absolute atomic E-state index is 0.542. The van der Waals surface area contributed by atoms with Crippen LogP contribution in [0.1, 0.15) is 13.3 Å². The number of primary amides is 1. The topological polar surface area (TPSA) is 72.2 Å². The van der Waals surface area contributed by atoms with E-state index in [2.05, 4.69) is 0 Å². The van der Waals surface area contributed by atoms with Crippen molar-refractivity contribution in [2.24, 2.45) is 11.7 Å². The fourth-order valence-corrected chi connectivity index (χ4v) is 0.610. The third-order valence-electron chi connectivity index (χ3n) is 1.53. The molecule has 0 radical (unpaired) electrons. The number of nitrogens with two attached hydrogens (primary N) is 1. The number of hydrogen-bond acceptors (Lipinski definition) is 2. The number of halogens is 3. The summed E-state index contributed by atoms with van der Waals surface area (Å²) < 4.78 is 34.9. The first-order valence-electron chi connectivity index (χ1n) is 3.88. The lowest BCUT2D eigenvalue weighted by atomic mass is 10.1. The molecule has 0 bridgehead atoms. The Morgan fingerprint density at radius 3 is 2.29 bits per heavy atom. The summed E-state index contributed by atoms with van der Waals surface area (Å²) in [5, 5.41) is 1.96. The molecule has 0 aromatic carbocycles. The summed E-state index contributed by atoms with van der Waals surface area (Å²) in [4.78, 5) is 21.3. The van der Waals surface area contributed by atoms with Gasteiger partial charge in [-0.2, -0.15) is 13.2 Å². The molecular weight excluding hydrogens is 201 g/mol. The molecule has 82 valence electrons. The first-order chi connectivity index (χ1) is 6.24. The summed E-state index contributed by atoms with van der Waals surface area (Å²) in [5.41, 5.74) is 4.77. The molecule has 3 N–H and O–H groups in total. The lowest BCUT2D eigenvalue weighted by Gasteiger charge is -2.10. The fraction of sp³-hybridized carbons (Fsp3) is 0.714. The average Bonchev–Trinajstić information content (AvgIpc) is 2.00. The van der Waals surface area contributed by atoms with Gasteiger partial charge in [-0.3, -0.25) is 9.59 Å². The maximum atomic E-state index is 11.6. The molecule has 0 aliphatic carbocycles. The third-order valence-corrected chi connectivity index (χ3v) is 1.53. The van der Waals surface area contributed by atoms with Crippen LogP contribution >= 0.6 is 0 Å². The van der Waals surface area contributed by atoms with Crippen LogP contribution in [0.25, 0.3) is 0 Å². The average molecular weight is 212 g/mol. The van der Waals surface area contributed by atoms with E-state index in [1.165, 1.54) is 6.92 Å². The van der Waals surface area contributed by atoms with E-state index >= 15 is 0 Å². The second-order valence-electron chi connectivity index (χ2n) is 2.78. The van der Waals surface area contributed by atoms with E-state index in [0.717, 1.165) is 0 Å². The van der Waals surface area contributed by atoms with Crippen LogP contribution < -0.4 is 11.1 Å². The zero-order chi connectivity index (χ0) is 11.4. The quantitative estimate of drug-likeness (QED) is 0.652. The number of nitrogens with one attached hydrogen (secondary N) is 1. The number of amides is 2. The smallest absolute Gasteiger partial charge is 0.369 e. The minimum atomic E-state index is -4.32. The zero-order valence-corrected chi connectivity index (χ0v) is 7.52. The Kier molecular flexibility index (Phi) is 4.39. The van der Waals surface area contributed by atoms with Crippen LogP contribution in [0.5, 0.6) is 0 Å². The predicted molar refractivity (Wildman–Crippen MR) is 42.0 cm³/mol. The number of carbonyl (C=O) groups is 2. The van der Waals surface area contributed by atoms with E-state index in [1.54, 1.807) is 0 Å². The van der Waals surface area contributed by atoms with Crippen molar-refractivity contribution in [1.29, 1.82) is 0 Å². The molecular formula is C7H11F3N2O2. The highest BCUT2D eigenvalue weighted by Crippen LogP contribution is 2.18. The van der Waals surface area contributed by atoms with Gasteiger partial charge >= 0.3 is 6.18 Å². The van der Waals surface area contributed by atoms with E-state index in [-0.39, 0.29) is 0 Å². The maximum Gasteiger partial charge on any atom is 0.390 e. The van der Waals surface area contributed by atoms with Crippen molar-refractivity contribution in [3.63, 3.8) is 0 Å². The Labute approximate surface area is 78.6 Å². The van der Waals surface area contributed by atoms with Gasteiger partial charge in [0.15, 0.2) is 0 Å². The molecule has 0 fully saturated rings. The van der Waals surface area contributed by atoms with E-state index in [4.69, 9.17) is 5.73 Å². The summed E-state index contributed by atoms with van der Waals surface area (Å²) in [6.07, 6.45) is -5.44. The largest absolute Gasteiger partial charge is 0.390 e. The molecule has 0 spiro atoms. The van der Waals surface area contributed by atoms with Gasteiger partial charge in [-0.1, -0.05) is 0 Å². The Balaban J connectivity index is 3.81. The molecule has 1 unspecified atom stereocenters. The molecule has 0 aromatic rings. The van der Waals surface area contributed by atoms with Gasteiger partial charge < -0.3 is 11.1 Å². The van der Waals surface area contributed by atoms with Gasteiger partial charge in [-0.05, 0) is 6.92 Å². The molecule has 0 aromatic heterocycles. The van der Waals surface area contributed by atoms with Gasteiger partial charge in [-0.25, -0.2) is 0 Å². The van der Waals surface area contributed by atoms with E-state index < -0.39 is 36.9 Å². The van der Waals surface area contributed by atoms with Gasteiger partial charge in [0.2, 0.25) is 11.8 Å². The summed E-state index contributed by atoms with van der Waals surface area (Å²) in [6, 6.07) is 0. The summed E-state index contributed by atoms with van der Waals surface area (Å²) in [7, 11) is 0. The molecule has 4 nitrogen and oxygen atoms in total. The first-order valence-corrected chi connectivity index (χ1v) is 3.88. The zero-order valence-electron chi connectivity index (χ0n) is 7.52. The molecule has 0 rings (SSSR count). The van der Waals surface area contributed by atoms with Crippen LogP contribution in [0, 0.1) is 5.92 Å². The fourth-order valence-electron chi connectivity index (χ4n) is 0.610. The van der Waals surface area contributed by atoms with Crippen LogP contribution in [-0.4, -0.2) is 24.5 Å². The first kappa shape index (κ1) is 12.7. The molecule has 0 saturated carbocycles. The van der Waals surface area contributed by atoms with Crippen LogP contribution in [-0.2, 0) is 9.59 Å². The Morgan fingerprint density at radius 2 is 1.93 bits per heavy atom. The van der Waals surface area contributed by atoms with Gasteiger partial charge in [0.25, 0.3) is 0 Å². The maximum absolute atomic E-state index is 11.6. The van der Waals surface area contributed by atoms with Crippen molar-refractivity contribution < 1.29 is 22.8 Å². The number of alkyl halides is 3. The minimum Gasteiger partial charge on any atom is -0.369 e. The molecule has 1 atom stereocenters. The van der Waals surface area contributed by atoms with Gasteiger partial charge in [-0.15, -0.1) is 0 Å². The normalized spacial score (nSPS) is 13.4. The molecule has 0 aliphatic heterocycles. The Hall–Kier alpha value is -1.27. The van der Waals surface area contributed by atoms with Crippen molar-refractivity contribution >= 4 is 11.8 Å². The van der Waals surface area contributed by atoms with Gasteiger partial charge in [0, 0.05) is 6.54 Å². The van der Waals surface area contributed by atoms with E-state index in [0.29, 0.717) is 0 Å². The van der Waals surface area contributed by atoms with Gasteiger partial charge in [0.05, 0.1) is 6.42 Å². The lowest BCUT2D eigenvalue weighted by Crippen LogP contribution is -2.38. The van der Waals surface area contributed by atoms with Crippen molar-refractivity contribution in [3.8, 4) is 0 Å². The SMILES string of the molecule is CC(C(N)=O)C(=O)NCCC(F)(F)F. The summed E-state index contributed by atoms with van der Waals surface area (Å²) in [5.74, 6) is -2.76. The van der Waals surface area contributed by atoms with E-state index in [1.807, 2.05) is 5.32 Å². The predicted octanol–water partition coefficient (Wildman–Crippen LogP) is 0.176. The molecule has 7 heteroatoms. The molecule has 0 heterocycles. The highest BCUT2D eigenvalue weighted by Gasteiger charge is 2.27. The van der Waals surface area contributed by atoms with Crippen molar-refractivity contribution in [2.45, 2.75) is 19.5 Å². The van der Waals surface area contributed by atoms with Crippen molar-refractivity contribution in [3.05, 3.63) is 0 Å².